The van der Waals surface area contributed by atoms with Crippen molar-refractivity contribution in [1.82, 2.24) is 5.32 Å². The van der Waals surface area contributed by atoms with Crippen molar-refractivity contribution in [1.29, 1.82) is 0 Å². The van der Waals surface area contributed by atoms with E-state index in [1.165, 1.54) is 19.3 Å². The third kappa shape index (κ3) is 4.06. The zero-order valence-corrected chi connectivity index (χ0v) is 15.4. The first kappa shape index (κ1) is 19.2. The Hall–Kier alpha value is -3.55. The van der Waals surface area contributed by atoms with Crippen LogP contribution in [0.2, 0.25) is 0 Å². The molecule has 3 aromatic rings. The van der Waals surface area contributed by atoms with Gasteiger partial charge in [0.25, 0.3) is 5.91 Å². The summed E-state index contributed by atoms with van der Waals surface area (Å²) >= 11 is 0. The van der Waals surface area contributed by atoms with Gasteiger partial charge in [-0.15, -0.1) is 0 Å². The average Bonchev–Trinajstić information content (AvgIpc) is 3.34. The van der Waals surface area contributed by atoms with Crippen LogP contribution in [0.25, 0.3) is 11.0 Å². The molecule has 0 unspecified atom stereocenters. The van der Waals surface area contributed by atoms with E-state index in [9.17, 15) is 14.4 Å². The molecule has 0 fully saturated rings. The lowest BCUT2D eigenvalue weighted by atomic mass is 10.1. The Labute approximate surface area is 160 Å². The van der Waals surface area contributed by atoms with E-state index in [0.717, 1.165) is 0 Å². The van der Waals surface area contributed by atoms with Gasteiger partial charge in [-0.05, 0) is 32.0 Å². The smallest absolute Gasteiger partial charge is 0.374 e. The fourth-order valence-corrected chi connectivity index (χ4v) is 2.61. The predicted octanol–water partition coefficient (Wildman–Crippen LogP) is 3.06. The minimum absolute atomic E-state index is 0.0110. The standard InChI is InChI=1S/C20H19NO7/c1-3-25-20(24)17-14(13-7-4-5-8-15(13)28-17)11-27-19(23)12(2)21-18(22)16-9-6-10-26-16/h4-10,12H,3,11H2,1-2H3,(H,21,22)/t12-/m1/s1. The number of furan rings is 2. The Morgan fingerprint density at radius 2 is 1.89 bits per heavy atom. The highest BCUT2D eigenvalue weighted by atomic mass is 16.5. The van der Waals surface area contributed by atoms with E-state index in [0.29, 0.717) is 16.5 Å². The van der Waals surface area contributed by atoms with Gasteiger partial charge in [-0.2, -0.15) is 0 Å². The second-order valence-corrected chi connectivity index (χ2v) is 5.91. The molecule has 0 spiro atoms. The van der Waals surface area contributed by atoms with Crippen molar-refractivity contribution < 1.29 is 32.7 Å². The summed E-state index contributed by atoms with van der Waals surface area (Å²) in [5, 5.41) is 3.13. The number of hydrogen-bond acceptors (Lipinski definition) is 7. The van der Waals surface area contributed by atoms with Crippen molar-refractivity contribution in [3.05, 3.63) is 59.7 Å². The fraction of sp³-hybridized carbons (Fsp3) is 0.250. The number of hydrogen-bond donors (Lipinski definition) is 1. The lowest BCUT2D eigenvalue weighted by molar-refractivity contribution is -0.146. The SMILES string of the molecule is CCOC(=O)c1oc2ccccc2c1COC(=O)[C@@H](C)NC(=O)c1ccco1. The molecule has 1 N–H and O–H groups in total. The first-order chi connectivity index (χ1) is 13.5. The summed E-state index contributed by atoms with van der Waals surface area (Å²) in [5.74, 6) is -1.76. The van der Waals surface area contributed by atoms with Gasteiger partial charge in [-0.3, -0.25) is 4.79 Å². The zero-order chi connectivity index (χ0) is 20.1. The van der Waals surface area contributed by atoms with E-state index in [2.05, 4.69) is 5.32 Å². The molecule has 0 aliphatic heterocycles. The van der Waals surface area contributed by atoms with Crippen LogP contribution in [0.5, 0.6) is 0 Å². The molecule has 8 heteroatoms. The molecule has 2 aromatic heterocycles. The summed E-state index contributed by atoms with van der Waals surface area (Å²) in [6, 6.07) is 9.15. The lowest BCUT2D eigenvalue weighted by Gasteiger charge is -2.12. The minimum Gasteiger partial charge on any atom is -0.460 e. The Morgan fingerprint density at radius 1 is 1.11 bits per heavy atom. The number of fused-ring (bicyclic) bond motifs is 1. The molecule has 1 aromatic carbocycles. The minimum atomic E-state index is -0.915. The Morgan fingerprint density at radius 3 is 2.61 bits per heavy atom. The van der Waals surface area contributed by atoms with Gasteiger partial charge in [0, 0.05) is 5.39 Å². The van der Waals surface area contributed by atoms with Crippen LogP contribution in [0, 0.1) is 0 Å². The van der Waals surface area contributed by atoms with Gasteiger partial charge >= 0.3 is 11.9 Å². The van der Waals surface area contributed by atoms with Crippen molar-refractivity contribution >= 4 is 28.8 Å². The number of esters is 2. The van der Waals surface area contributed by atoms with E-state index < -0.39 is 23.9 Å². The second kappa shape index (κ2) is 8.43. The first-order valence-electron chi connectivity index (χ1n) is 8.69. The van der Waals surface area contributed by atoms with Crippen molar-refractivity contribution in [2.45, 2.75) is 26.5 Å². The van der Waals surface area contributed by atoms with Gasteiger partial charge in [0.05, 0.1) is 18.4 Å². The summed E-state index contributed by atoms with van der Waals surface area (Å²) in [5.41, 5.74) is 0.891. The Balaban J connectivity index is 1.71. The predicted molar refractivity (Wildman–Crippen MR) is 97.6 cm³/mol. The quantitative estimate of drug-likeness (QED) is 0.623. The van der Waals surface area contributed by atoms with Crippen LogP contribution in [-0.4, -0.2) is 30.5 Å². The number of carbonyl (C=O) groups excluding carboxylic acids is 3. The normalized spacial score (nSPS) is 11.8. The number of carbonyl (C=O) groups is 3. The van der Waals surface area contributed by atoms with Gasteiger partial charge in [-0.1, -0.05) is 18.2 Å². The molecule has 0 saturated heterocycles. The summed E-state index contributed by atoms with van der Waals surface area (Å²) in [7, 11) is 0. The van der Waals surface area contributed by atoms with Crippen LogP contribution >= 0.6 is 0 Å². The topological polar surface area (TPSA) is 108 Å². The van der Waals surface area contributed by atoms with Crippen molar-refractivity contribution in [3.8, 4) is 0 Å². The van der Waals surface area contributed by atoms with E-state index in [1.807, 2.05) is 0 Å². The van der Waals surface area contributed by atoms with Crippen LogP contribution in [0.4, 0.5) is 0 Å². The van der Waals surface area contributed by atoms with E-state index in [-0.39, 0.29) is 24.7 Å². The summed E-state index contributed by atoms with van der Waals surface area (Å²) in [6.45, 7) is 3.16. The zero-order valence-electron chi connectivity index (χ0n) is 15.4. The highest BCUT2D eigenvalue weighted by Crippen LogP contribution is 2.27. The first-order valence-corrected chi connectivity index (χ1v) is 8.69. The van der Waals surface area contributed by atoms with E-state index in [1.54, 1.807) is 37.3 Å². The Bertz CT molecular complexity index is 987. The number of amides is 1. The molecule has 0 saturated carbocycles. The van der Waals surface area contributed by atoms with Crippen LogP contribution in [0.1, 0.15) is 40.5 Å². The molecule has 8 nitrogen and oxygen atoms in total. The molecule has 0 radical (unpaired) electrons. The van der Waals surface area contributed by atoms with Crippen molar-refractivity contribution in [3.63, 3.8) is 0 Å². The number of benzene rings is 1. The third-order valence-corrected chi connectivity index (χ3v) is 3.96. The van der Waals surface area contributed by atoms with Crippen molar-refractivity contribution in [2.75, 3.05) is 6.61 Å². The molecule has 0 bridgehead atoms. The molecule has 0 aliphatic rings. The van der Waals surface area contributed by atoms with Gasteiger partial charge in [-0.25, -0.2) is 9.59 Å². The molecule has 1 amide bonds. The van der Waals surface area contributed by atoms with Gasteiger partial charge in [0.2, 0.25) is 5.76 Å². The molecule has 28 heavy (non-hydrogen) atoms. The molecular formula is C20H19NO7. The third-order valence-electron chi connectivity index (χ3n) is 3.96. The van der Waals surface area contributed by atoms with Crippen molar-refractivity contribution in [2.24, 2.45) is 0 Å². The van der Waals surface area contributed by atoms with Crippen LogP contribution < -0.4 is 5.32 Å². The number of nitrogens with one attached hydrogen (secondary N) is 1. The van der Waals surface area contributed by atoms with E-state index in [4.69, 9.17) is 18.3 Å². The maximum atomic E-state index is 12.3. The highest BCUT2D eigenvalue weighted by molar-refractivity contribution is 5.96. The Kier molecular flexibility index (Phi) is 5.78. The van der Waals surface area contributed by atoms with Crippen LogP contribution in [-0.2, 0) is 20.9 Å². The number of rotatable bonds is 7. The monoisotopic (exact) mass is 385 g/mol. The van der Waals surface area contributed by atoms with Gasteiger partial charge in [0.1, 0.15) is 18.2 Å². The average molecular weight is 385 g/mol. The van der Waals surface area contributed by atoms with Crippen LogP contribution in [0.3, 0.4) is 0 Å². The highest BCUT2D eigenvalue weighted by Gasteiger charge is 2.24. The second-order valence-electron chi connectivity index (χ2n) is 5.91. The molecule has 3 rings (SSSR count). The molecule has 1 atom stereocenters. The summed E-state index contributed by atoms with van der Waals surface area (Å²) in [4.78, 5) is 36.4. The molecule has 2 heterocycles. The molecule has 146 valence electrons. The van der Waals surface area contributed by atoms with E-state index >= 15 is 0 Å². The maximum Gasteiger partial charge on any atom is 0.374 e. The van der Waals surface area contributed by atoms with Gasteiger partial charge < -0.3 is 23.6 Å². The summed E-state index contributed by atoms with van der Waals surface area (Å²) < 4.78 is 20.8. The lowest BCUT2D eigenvalue weighted by Crippen LogP contribution is -2.39. The number of ether oxygens (including phenoxy) is 2. The molecular weight excluding hydrogens is 366 g/mol. The largest absolute Gasteiger partial charge is 0.460 e. The molecule has 0 aliphatic carbocycles. The number of para-hydroxylation sites is 1. The summed E-state index contributed by atoms with van der Waals surface area (Å²) in [6.07, 6.45) is 1.36. The van der Waals surface area contributed by atoms with Crippen LogP contribution in [0.15, 0.2) is 51.5 Å². The fourth-order valence-electron chi connectivity index (χ4n) is 2.61. The maximum absolute atomic E-state index is 12.3. The van der Waals surface area contributed by atoms with Gasteiger partial charge in [0.15, 0.2) is 5.76 Å².